The third-order valence-electron chi connectivity index (χ3n) is 4.33. The highest BCUT2D eigenvalue weighted by Gasteiger charge is 2.35. The van der Waals surface area contributed by atoms with Crippen molar-refractivity contribution >= 4 is 5.65 Å². The van der Waals surface area contributed by atoms with E-state index in [9.17, 15) is 13.2 Å². The Hall–Kier alpha value is -3.49. The largest absolute Gasteiger partial charge is 0.486 e. The van der Waals surface area contributed by atoms with Crippen molar-refractivity contribution in [2.75, 3.05) is 13.2 Å². The molecule has 142 valence electrons. The highest BCUT2D eigenvalue weighted by Crippen LogP contribution is 2.37. The van der Waals surface area contributed by atoms with Crippen LogP contribution in [0.1, 0.15) is 5.69 Å². The molecule has 1 aromatic carbocycles. The minimum Gasteiger partial charge on any atom is -0.486 e. The Labute approximate surface area is 156 Å². The molecule has 0 N–H and O–H groups in total. The number of benzene rings is 1. The van der Waals surface area contributed by atoms with Crippen LogP contribution in [0.3, 0.4) is 0 Å². The Kier molecular flexibility index (Phi) is 3.58. The van der Waals surface area contributed by atoms with Crippen LogP contribution in [0.4, 0.5) is 13.2 Å². The predicted molar refractivity (Wildman–Crippen MR) is 92.1 cm³/mol. The number of hydrogen-bond donors (Lipinski definition) is 0. The van der Waals surface area contributed by atoms with E-state index in [1.54, 1.807) is 30.3 Å². The molecule has 0 atom stereocenters. The number of ether oxygens (including phenoxy) is 2. The first kappa shape index (κ1) is 16.7. The van der Waals surface area contributed by atoms with Gasteiger partial charge >= 0.3 is 6.18 Å². The van der Waals surface area contributed by atoms with Gasteiger partial charge < -0.3 is 13.9 Å². The number of alkyl halides is 3. The molecule has 0 saturated heterocycles. The van der Waals surface area contributed by atoms with Gasteiger partial charge in [-0.2, -0.15) is 18.3 Å². The van der Waals surface area contributed by atoms with Crippen LogP contribution in [0.15, 0.2) is 53.1 Å². The van der Waals surface area contributed by atoms with E-state index >= 15 is 0 Å². The van der Waals surface area contributed by atoms with Crippen LogP contribution < -0.4 is 9.47 Å². The summed E-state index contributed by atoms with van der Waals surface area (Å²) in [4.78, 5) is 4.36. The van der Waals surface area contributed by atoms with Gasteiger partial charge in [0.2, 0.25) is 0 Å². The Balaban J connectivity index is 1.69. The molecule has 0 spiro atoms. The van der Waals surface area contributed by atoms with Crippen molar-refractivity contribution in [1.29, 1.82) is 0 Å². The van der Waals surface area contributed by atoms with Gasteiger partial charge in [-0.05, 0) is 36.4 Å². The van der Waals surface area contributed by atoms with Gasteiger partial charge in [-0.3, -0.25) is 0 Å². The summed E-state index contributed by atoms with van der Waals surface area (Å²) >= 11 is 0. The summed E-state index contributed by atoms with van der Waals surface area (Å²) in [6.07, 6.45) is -3.19. The topological polar surface area (TPSA) is 61.8 Å². The summed E-state index contributed by atoms with van der Waals surface area (Å²) < 4.78 is 58.0. The minimum absolute atomic E-state index is 0.0612. The standard InChI is InChI=1S/C19H12F3N3O3/c20-19(21,22)17-9-12(11-3-4-15-16(8-11)28-7-6-27-15)23-18-10-13(24-25(17)18)14-2-1-5-26-14/h1-5,8-10H,6-7H2. The molecule has 5 rings (SSSR count). The van der Waals surface area contributed by atoms with Crippen LogP contribution in [0, 0.1) is 0 Å². The van der Waals surface area contributed by atoms with Crippen LogP contribution >= 0.6 is 0 Å². The van der Waals surface area contributed by atoms with Crippen LogP contribution in [-0.4, -0.2) is 27.8 Å². The molecule has 0 saturated carbocycles. The Morgan fingerprint density at radius 1 is 0.929 bits per heavy atom. The average molecular weight is 387 g/mol. The van der Waals surface area contributed by atoms with Gasteiger partial charge in [0, 0.05) is 11.6 Å². The molecule has 0 aliphatic carbocycles. The molecule has 0 amide bonds. The fourth-order valence-corrected chi connectivity index (χ4v) is 3.07. The van der Waals surface area contributed by atoms with Crippen molar-refractivity contribution in [1.82, 2.24) is 14.6 Å². The van der Waals surface area contributed by atoms with E-state index in [2.05, 4.69) is 10.1 Å². The third kappa shape index (κ3) is 2.75. The number of rotatable bonds is 2. The summed E-state index contributed by atoms with van der Waals surface area (Å²) in [6, 6.07) is 10.6. The van der Waals surface area contributed by atoms with Crippen molar-refractivity contribution in [3.05, 3.63) is 54.4 Å². The fourth-order valence-electron chi connectivity index (χ4n) is 3.07. The average Bonchev–Trinajstić information content (AvgIpc) is 3.35. The smallest absolute Gasteiger partial charge is 0.433 e. The maximum atomic E-state index is 13.7. The highest BCUT2D eigenvalue weighted by molar-refractivity contribution is 5.68. The lowest BCUT2D eigenvalue weighted by Gasteiger charge is -2.19. The quantitative estimate of drug-likeness (QED) is 0.509. The number of halogens is 3. The summed E-state index contributed by atoms with van der Waals surface area (Å²) in [6.45, 7) is 0.812. The Morgan fingerprint density at radius 3 is 2.50 bits per heavy atom. The van der Waals surface area contributed by atoms with Crippen LogP contribution in [-0.2, 0) is 6.18 Å². The number of aromatic nitrogens is 3. The van der Waals surface area contributed by atoms with Crippen molar-refractivity contribution < 1.29 is 27.1 Å². The lowest BCUT2D eigenvalue weighted by atomic mass is 10.1. The van der Waals surface area contributed by atoms with Crippen LogP contribution in [0.2, 0.25) is 0 Å². The second kappa shape index (κ2) is 6.01. The molecule has 0 bridgehead atoms. The number of nitrogens with zero attached hydrogens (tertiary/aromatic N) is 3. The molecule has 6 nitrogen and oxygen atoms in total. The third-order valence-corrected chi connectivity index (χ3v) is 4.33. The SMILES string of the molecule is FC(F)(F)c1cc(-c2ccc3c(c2)OCCO3)nc2cc(-c3ccco3)nn12. The van der Waals surface area contributed by atoms with Crippen molar-refractivity contribution in [2.24, 2.45) is 0 Å². The first-order valence-corrected chi connectivity index (χ1v) is 8.41. The molecular formula is C19H12F3N3O3. The minimum atomic E-state index is -4.61. The van der Waals surface area contributed by atoms with Crippen molar-refractivity contribution in [2.45, 2.75) is 6.18 Å². The monoisotopic (exact) mass is 387 g/mol. The number of furan rings is 1. The molecule has 4 aromatic rings. The zero-order valence-electron chi connectivity index (χ0n) is 14.2. The van der Waals surface area contributed by atoms with Gasteiger partial charge in [-0.25, -0.2) is 9.50 Å². The summed E-state index contributed by atoms with van der Waals surface area (Å²) in [5.41, 5.74) is 0.0364. The Bertz CT molecular complexity index is 1170. The first-order valence-electron chi connectivity index (χ1n) is 8.41. The molecule has 3 aromatic heterocycles. The molecule has 1 aliphatic heterocycles. The van der Waals surface area contributed by atoms with Crippen LogP contribution in [0.25, 0.3) is 28.4 Å². The molecule has 9 heteroatoms. The summed E-state index contributed by atoms with van der Waals surface area (Å²) in [5, 5.41) is 4.02. The molecule has 1 aliphatic rings. The van der Waals surface area contributed by atoms with Crippen molar-refractivity contribution in [3.8, 4) is 34.2 Å². The lowest BCUT2D eigenvalue weighted by molar-refractivity contribution is -0.142. The summed E-state index contributed by atoms with van der Waals surface area (Å²) in [5.74, 6) is 1.39. The second-order valence-electron chi connectivity index (χ2n) is 6.16. The van der Waals surface area contributed by atoms with Gasteiger partial charge in [0.15, 0.2) is 28.6 Å². The van der Waals surface area contributed by atoms with Gasteiger partial charge in [0.25, 0.3) is 0 Å². The van der Waals surface area contributed by atoms with Crippen molar-refractivity contribution in [3.63, 3.8) is 0 Å². The van der Waals surface area contributed by atoms with Gasteiger partial charge in [-0.1, -0.05) is 0 Å². The molecule has 0 radical (unpaired) electrons. The van der Waals surface area contributed by atoms with E-state index in [1.165, 1.54) is 12.3 Å². The van der Waals surface area contributed by atoms with E-state index in [4.69, 9.17) is 13.9 Å². The van der Waals surface area contributed by atoms with Gasteiger partial charge in [-0.15, -0.1) is 0 Å². The maximum absolute atomic E-state index is 13.7. The molecule has 0 fully saturated rings. The van der Waals surface area contributed by atoms with E-state index in [-0.39, 0.29) is 17.0 Å². The molecule has 0 unspecified atom stereocenters. The van der Waals surface area contributed by atoms with Gasteiger partial charge in [0.05, 0.1) is 12.0 Å². The van der Waals surface area contributed by atoms with E-state index in [1.807, 2.05) is 0 Å². The molecule has 4 heterocycles. The lowest BCUT2D eigenvalue weighted by Crippen LogP contribution is -2.15. The molecular weight excluding hydrogens is 375 g/mol. The van der Waals surface area contributed by atoms with E-state index < -0.39 is 11.9 Å². The first-order chi connectivity index (χ1) is 13.5. The van der Waals surface area contributed by atoms with Crippen LogP contribution in [0.5, 0.6) is 11.5 Å². The summed E-state index contributed by atoms with van der Waals surface area (Å²) in [7, 11) is 0. The normalized spacial score (nSPS) is 13.8. The van der Waals surface area contributed by atoms with E-state index in [0.717, 1.165) is 10.6 Å². The van der Waals surface area contributed by atoms with Gasteiger partial charge in [0.1, 0.15) is 18.9 Å². The number of fused-ring (bicyclic) bond motifs is 2. The zero-order chi connectivity index (χ0) is 19.3. The maximum Gasteiger partial charge on any atom is 0.433 e. The fraction of sp³-hybridized carbons (Fsp3) is 0.158. The predicted octanol–water partition coefficient (Wildman–Crippen LogP) is 4.45. The van der Waals surface area contributed by atoms with E-state index in [0.29, 0.717) is 36.0 Å². The Morgan fingerprint density at radius 2 is 1.75 bits per heavy atom. The number of hydrogen-bond acceptors (Lipinski definition) is 5. The highest BCUT2D eigenvalue weighted by atomic mass is 19.4. The molecule has 28 heavy (non-hydrogen) atoms. The second-order valence-corrected chi connectivity index (χ2v) is 6.16. The zero-order valence-corrected chi connectivity index (χ0v) is 14.2.